The van der Waals surface area contributed by atoms with E-state index in [0.717, 1.165) is 0 Å². The summed E-state index contributed by atoms with van der Waals surface area (Å²) in [6.45, 7) is 4.82. The fourth-order valence-corrected chi connectivity index (χ4v) is 2.03. The molecule has 1 aromatic carbocycles. The molecule has 7 heteroatoms. The van der Waals surface area contributed by atoms with Gasteiger partial charge in [-0.25, -0.2) is 0 Å². The number of carbonyl (C=O) groups excluding carboxylic acids is 2. The molecule has 22 heavy (non-hydrogen) atoms. The SMILES string of the molecule is CCOC(=O)C(C)(Cc1ccccc1[N+](=O)[O-])C(=O)OCC. The van der Waals surface area contributed by atoms with E-state index in [1.807, 2.05) is 0 Å². The monoisotopic (exact) mass is 309 g/mol. The van der Waals surface area contributed by atoms with E-state index in [-0.39, 0.29) is 30.9 Å². The van der Waals surface area contributed by atoms with Crippen LogP contribution in [0.4, 0.5) is 5.69 Å². The summed E-state index contributed by atoms with van der Waals surface area (Å²) in [7, 11) is 0. The molecule has 0 fully saturated rings. The maximum absolute atomic E-state index is 12.2. The number of carbonyl (C=O) groups is 2. The van der Waals surface area contributed by atoms with Crippen molar-refractivity contribution in [3.8, 4) is 0 Å². The van der Waals surface area contributed by atoms with Gasteiger partial charge in [0.2, 0.25) is 0 Å². The fourth-order valence-electron chi connectivity index (χ4n) is 2.03. The fraction of sp³-hybridized carbons (Fsp3) is 0.467. The molecular weight excluding hydrogens is 290 g/mol. The van der Waals surface area contributed by atoms with Crippen LogP contribution in [0.5, 0.6) is 0 Å². The Balaban J connectivity index is 3.22. The van der Waals surface area contributed by atoms with E-state index in [9.17, 15) is 19.7 Å². The van der Waals surface area contributed by atoms with Crippen molar-refractivity contribution >= 4 is 17.6 Å². The quantitative estimate of drug-likeness (QED) is 0.332. The number of nitrogens with zero attached hydrogens (tertiary/aromatic N) is 1. The van der Waals surface area contributed by atoms with Crippen LogP contribution in [-0.4, -0.2) is 30.1 Å². The lowest BCUT2D eigenvalue weighted by molar-refractivity contribution is -0.385. The Kier molecular flexibility index (Phi) is 6.03. The number of ether oxygens (including phenoxy) is 2. The third-order valence-electron chi connectivity index (χ3n) is 3.18. The van der Waals surface area contributed by atoms with E-state index < -0.39 is 22.3 Å². The molecular formula is C15H19NO6. The number of nitro groups is 1. The molecule has 0 saturated heterocycles. The van der Waals surface area contributed by atoms with Crippen LogP contribution in [-0.2, 0) is 25.5 Å². The molecule has 0 radical (unpaired) electrons. The van der Waals surface area contributed by atoms with E-state index in [4.69, 9.17) is 9.47 Å². The highest BCUT2D eigenvalue weighted by Gasteiger charge is 2.45. The molecule has 0 atom stereocenters. The van der Waals surface area contributed by atoms with Gasteiger partial charge in [-0.15, -0.1) is 0 Å². The number of nitro benzene ring substituents is 1. The predicted molar refractivity (Wildman–Crippen MR) is 78.2 cm³/mol. The minimum absolute atomic E-state index is 0.102. The van der Waals surface area contributed by atoms with E-state index in [0.29, 0.717) is 0 Å². The Morgan fingerprint density at radius 1 is 1.14 bits per heavy atom. The third-order valence-corrected chi connectivity index (χ3v) is 3.18. The summed E-state index contributed by atoms with van der Waals surface area (Å²) >= 11 is 0. The minimum atomic E-state index is -1.63. The molecule has 0 aliphatic heterocycles. The number of benzene rings is 1. The average Bonchev–Trinajstić information content (AvgIpc) is 2.47. The third kappa shape index (κ3) is 3.81. The molecule has 0 aliphatic rings. The largest absolute Gasteiger partial charge is 0.465 e. The van der Waals surface area contributed by atoms with Crippen molar-refractivity contribution < 1.29 is 24.0 Å². The Bertz CT molecular complexity index is 551. The minimum Gasteiger partial charge on any atom is -0.465 e. The van der Waals surface area contributed by atoms with Gasteiger partial charge in [0.15, 0.2) is 5.41 Å². The molecule has 1 rings (SSSR count). The van der Waals surface area contributed by atoms with Gasteiger partial charge in [0.1, 0.15) is 0 Å². The van der Waals surface area contributed by atoms with Crippen molar-refractivity contribution in [3.05, 3.63) is 39.9 Å². The topological polar surface area (TPSA) is 95.7 Å². The molecule has 0 unspecified atom stereocenters. The van der Waals surface area contributed by atoms with Gasteiger partial charge in [-0.2, -0.15) is 0 Å². The van der Waals surface area contributed by atoms with Crippen molar-refractivity contribution in [3.63, 3.8) is 0 Å². The lowest BCUT2D eigenvalue weighted by Crippen LogP contribution is -2.41. The van der Waals surface area contributed by atoms with Gasteiger partial charge in [0.05, 0.1) is 18.1 Å². The first-order chi connectivity index (χ1) is 10.4. The summed E-state index contributed by atoms with van der Waals surface area (Å²) in [4.78, 5) is 34.9. The number of para-hydroxylation sites is 1. The van der Waals surface area contributed by atoms with Gasteiger partial charge in [-0.05, 0) is 20.8 Å². The zero-order valence-electron chi connectivity index (χ0n) is 12.8. The van der Waals surface area contributed by atoms with Crippen molar-refractivity contribution in [1.82, 2.24) is 0 Å². The summed E-state index contributed by atoms with van der Waals surface area (Å²) in [5, 5.41) is 11.1. The van der Waals surface area contributed by atoms with Gasteiger partial charge < -0.3 is 9.47 Å². The normalized spacial score (nSPS) is 10.9. The summed E-state index contributed by atoms with van der Waals surface area (Å²) in [5.74, 6) is -1.52. The molecule has 0 aliphatic carbocycles. The van der Waals surface area contributed by atoms with Gasteiger partial charge in [-0.3, -0.25) is 19.7 Å². The van der Waals surface area contributed by atoms with Gasteiger partial charge in [-0.1, -0.05) is 18.2 Å². The second-order valence-electron chi connectivity index (χ2n) is 4.84. The van der Waals surface area contributed by atoms with Gasteiger partial charge >= 0.3 is 11.9 Å². The van der Waals surface area contributed by atoms with Crippen molar-refractivity contribution in [2.24, 2.45) is 5.41 Å². The molecule has 0 amide bonds. The summed E-state index contributed by atoms with van der Waals surface area (Å²) in [6.07, 6.45) is -0.165. The number of esters is 2. The standard InChI is InChI=1S/C15H19NO6/c1-4-21-13(17)15(3,14(18)22-5-2)10-11-8-6-7-9-12(11)16(19)20/h6-9H,4-5,10H2,1-3H3. The van der Waals surface area contributed by atoms with E-state index in [1.54, 1.807) is 19.9 Å². The van der Waals surface area contributed by atoms with E-state index >= 15 is 0 Å². The molecule has 0 bridgehead atoms. The Morgan fingerprint density at radius 3 is 2.09 bits per heavy atom. The highest BCUT2D eigenvalue weighted by molar-refractivity contribution is 6.00. The maximum Gasteiger partial charge on any atom is 0.323 e. The Morgan fingerprint density at radius 2 is 1.64 bits per heavy atom. The van der Waals surface area contributed by atoms with Crippen LogP contribution < -0.4 is 0 Å². The van der Waals surface area contributed by atoms with Crippen LogP contribution in [0.2, 0.25) is 0 Å². The van der Waals surface area contributed by atoms with Crippen molar-refractivity contribution in [1.29, 1.82) is 0 Å². The molecule has 0 spiro atoms. The first-order valence-electron chi connectivity index (χ1n) is 6.93. The smallest absolute Gasteiger partial charge is 0.323 e. The summed E-state index contributed by atoms with van der Waals surface area (Å²) in [6, 6.07) is 5.97. The molecule has 0 saturated carbocycles. The summed E-state index contributed by atoms with van der Waals surface area (Å²) < 4.78 is 9.87. The lowest BCUT2D eigenvalue weighted by atomic mass is 9.83. The number of hydrogen-bond donors (Lipinski definition) is 0. The summed E-state index contributed by atoms with van der Waals surface area (Å²) in [5.41, 5.74) is -1.50. The van der Waals surface area contributed by atoms with Crippen LogP contribution in [0.25, 0.3) is 0 Å². The number of rotatable bonds is 7. The van der Waals surface area contributed by atoms with Crippen LogP contribution in [0.15, 0.2) is 24.3 Å². The highest BCUT2D eigenvalue weighted by Crippen LogP contribution is 2.30. The van der Waals surface area contributed by atoms with Crippen LogP contribution >= 0.6 is 0 Å². The molecule has 7 nitrogen and oxygen atoms in total. The molecule has 120 valence electrons. The zero-order chi connectivity index (χ0) is 16.8. The lowest BCUT2D eigenvalue weighted by Gasteiger charge is -2.24. The average molecular weight is 309 g/mol. The first kappa shape index (κ1) is 17.6. The molecule has 0 heterocycles. The zero-order valence-corrected chi connectivity index (χ0v) is 12.8. The van der Waals surface area contributed by atoms with Gasteiger partial charge in [0.25, 0.3) is 5.69 Å². The number of hydrogen-bond acceptors (Lipinski definition) is 6. The molecule has 0 N–H and O–H groups in total. The van der Waals surface area contributed by atoms with Crippen molar-refractivity contribution in [2.45, 2.75) is 27.2 Å². The van der Waals surface area contributed by atoms with E-state index in [2.05, 4.69) is 0 Å². The molecule has 1 aromatic rings. The van der Waals surface area contributed by atoms with Crippen LogP contribution in [0.3, 0.4) is 0 Å². The second kappa shape index (κ2) is 7.53. The maximum atomic E-state index is 12.2. The predicted octanol–water partition coefficient (Wildman–Crippen LogP) is 2.27. The van der Waals surface area contributed by atoms with Gasteiger partial charge in [0, 0.05) is 18.1 Å². The Hall–Kier alpha value is -2.44. The first-order valence-corrected chi connectivity index (χ1v) is 6.93. The van der Waals surface area contributed by atoms with Crippen LogP contribution in [0, 0.1) is 15.5 Å². The second-order valence-corrected chi connectivity index (χ2v) is 4.84. The van der Waals surface area contributed by atoms with E-state index in [1.165, 1.54) is 25.1 Å². The van der Waals surface area contributed by atoms with Crippen molar-refractivity contribution in [2.75, 3.05) is 13.2 Å². The van der Waals surface area contributed by atoms with Crippen LogP contribution in [0.1, 0.15) is 26.3 Å². The molecule has 0 aromatic heterocycles. The highest BCUT2D eigenvalue weighted by atomic mass is 16.6. The Labute approximate surface area is 128 Å².